The monoisotopic (exact) mass is 336 g/mol. The summed E-state index contributed by atoms with van der Waals surface area (Å²) in [5.74, 6) is -1.22. The molecule has 0 saturated carbocycles. The molecule has 0 saturated heterocycles. The molecule has 124 valence electrons. The molecule has 1 aromatic heterocycles. The van der Waals surface area contributed by atoms with Crippen molar-refractivity contribution in [2.24, 2.45) is 0 Å². The van der Waals surface area contributed by atoms with Gasteiger partial charge in [0.15, 0.2) is 0 Å². The van der Waals surface area contributed by atoms with E-state index in [0.29, 0.717) is 16.9 Å². The van der Waals surface area contributed by atoms with E-state index in [9.17, 15) is 14.0 Å². The molecule has 0 unspecified atom stereocenters. The van der Waals surface area contributed by atoms with Gasteiger partial charge in [-0.25, -0.2) is 4.39 Å². The lowest BCUT2D eigenvalue weighted by Gasteiger charge is -2.07. The Morgan fingerprint density at radius 2 is 1.52 bits per heavy atom. The number of hydrogen-bond acceptors (Lipinski definition) is 4. The number of nitrogens with zero attached hydrogens (tertiary/aromatic N) is 2. The molecule has 1 heterocycles. The third-order valence-electron chi connectivity index (χ3n) is 3.33. The molecule has 3 rings (SSSR count). The smallest absolute Gasteiger partial charge is 0.255 e. The number of aromatic nitrogens is 2. The zero-order chi connectivity index (χ0) is 17.6. The third kappa shape index (κ3) is 4.23. The Labute approximate surface area is 142 Å². The van der Waals surface area contributed by atoms with Crippen LogP contribution in [0.25, 0.3) is 0 Å². The zero-order valence-electron chi connectivity index (χ0n) is 12.9. The molecule has 0 aliphatic rings. The van der Waals surface area contributed by atoms with Gasteiger partial charge in [-0.1, -0.05) is 6.07 Å². The number of carbonyl (C=O) groups is 2. The van der Waals surface area contributed by atoms with Crippen molar-refractivity contribution in [1.82, 2.24) is 10.2 Å². The quantitative estimate of drug-likeness (QED) is 0.767. The largest absolute Gasteiger partial charge is 0.322 e. The second-order valence-corrected chi connectivity index (χ2v) is 5.13. The van der Waals surface area contributed by atoms with Crippen molar-refractivity contribution in [3.8, 4) is 0 Å². The Morgan fingerprint density at radius 3 is 2.20 bits per heavy atom. The second kappa shape index (κ2) is 7.31. The predicted molar refractivity (Wildman–Crippen MR) is 90.8 cm³/mol. The molecule has 2 aromatic carbocycles. The molecule has 0 aliphatic carbocycles. The van der Waals surface area contributed by atoms with Crippen LogP contribution in [-0.2, 0) is 0 Å². The van der Waals surface area contributed by atoms with E-state index in [2.05, 4.69) is 20.8 Å². The Bertz CT molecular complexity index is 898. The molecule has 0 aliphatic heterocycles. The molecule has 0 spiro atoms. The van der Waals surface area contributed by atoms with Crippen molar-refractivity contribution in [3.05, 3.63) is 83.9 Å². The molecule has 7 heteroatoms. The minimum Gasteiger partial charge on any atom is -0.322 e. The standard InChI is InChI=1S/C18H13FN4O2/c19-14-3-1-2-13(10-14)18(25)22-15-6-4-12(5-7-15)17(24)23-16-8-9-20-21-11-16/h1-11H,(H,22,25)(H,20,23,24). The van der Waals surface area contributed by atoms with E-state index >= 15 is 0 Å². The summed E-state index contributed by atoms with van der Waals surface area (Å²) in [7, 11) is 0. The average molecular weight is 336 g/mol. The van der Waals surface area contributed by atoms with Gasteiger partial charge in [0, 0.05) is 16.8 Å². The van der Waals surface area contributed by atoms with Gasteiger partial charge in [0.2, 0.25) is 0 Å². The number of rotatable bonds is 4. The summed E-state index contributed by atoms with van der Waals surface area (Å²) < 4.78 is 13.2. The molecule has 0 atom stereocenters. The summed E-state index contributed by atoms with van der Waals surface area (Å²) in [6, 6.07) is 13.4. The SMILES string of the molecule is O=C(Nc1ccnnc1)c1ccc(NC(=O)c2cccc(F)c2)cc1. The van der Waals surface area contributed by atoms with E-state index in [1.807, 2.05) is 0 Å². The minimum atomic E-state index is -0.481. The normalized spacial score (nSPS) is 10.1. The van der Waals surface area contributed by atoms with Crippen molar-refractivity contribution >= 4 is 23.2 Å². The van der Waals surface area contributed by atoms with E-state index < -0.39 is 11.7 Å². The van der Waals surface area contributed by atoms with Gasteiger partial charge in [-0.15, -0.1) is 0 Å². The van der Waals surface area contributed by atoms with Crippen LogP contribution < -0.4 is 10.6 Å². The number of anilines is 2. The van der Waals surface area contributed by atoms with Gasteiger partial charge in [0.25, 0.3) is 11.8 Å². The van der Waals surface area contributed by atoms with Crippen molar-refractivity contribution in [2.45, 2.75) is 0 Å². The van der Waals surface area contributed by atoms with E-state index in [4.69, 9.17) is 0 Å². The predicted octanol–water partition coefficient (Wildman–Crippen LogP) is 3.12. The van der Waals surface area contributed by atoms with Crippen LogP contribution in [0.5, 0.6) is 0 Å². The summed E-state index contributed by atoms with van der Waals surface area (Å²) in [5.41, 5.74) is 1.66. The van der Waals surface area contributed by atoms with E-state index in [1.54, 1.807) is 30.3 Å². The average Bonchev–Trinajstić information content (AvgIpc) is 2.63. The van der Waals surface area contributed by atoms with Gasteiger partial charge in [-0.05, 0) is 48.5 Å². The fraction of sp³-hybridized carbons (Fsp3) is 0. The van der Waals surface area contributed by atoms with Gasteiger partial charge >= 0.3 is 0 Å². The topological polar surface area (TPSA) is 84.0 Å². The number of hydrogen-bond donors (Lipinski definition) is 2. The highest BCUT2D eigenvalue weighted by Gasteiger charge is 2.09. The van der Waals surface area contributed by atoms with Crippen LogP contribution in [0.1, 0.15) is 20.7 Å². The maximum atomic E-state index is 13.2. The van der Waals surface area contributed by atoms with Gasteiger partial charge < -0.3 is 10.6 Å². The number of nitrogens with one attached hydrogen (secondary N) is 2. The van der Waals surface area contributed by atoms with Crippen LogP contribution in [0, 0.1) is 5.82 Å². The first-order valence-corrected chi connectivity index (χ1v) is 7.37. The Kier molecular flexibility index (Phi) is 4.75. The first kappa shape index (κ1) is 16.3. The van der Waals surface area contributed by atoms with Gasteiger partial charge in [-0.3, -0.25) is 9.59 Å². The van der Waals surface area contributed by atoms with E-state index in [1.165, 1.54) is 30.6 Å². The Morgan fingerprint density at radius 1 is 0.800 bits per heavy atom. The van der Waals surface area contributed by atoms with Crippen LogP contribution in [-0.4, -0.2) is 22.0 Å². The number of carbonyl (C=O) groups excluding carboxylic acids is 2. The highest BCUT2D eigenvalue weighted by atomic mass is 19.1. The van der Waals surface area contributed by atoms with Crippen molar-refractivity contribution in [1.29, 1.82) is 0 Å². The number of amides is 2. The van der Waals surface area contributed by atoms with Crippen molar-refractivity contribution < 1.29 is 14.0 Å². The first-order valence-electron chi connectivity index (χ1n) is 7.37. The van der Waals surface area contributed by atoms with Crippen LogP contribution in [0.4, 0.5) is 15.8 Å². The third-order valence-corrected chi connectivity index (χ3v) is 3.33. The molecule has 0 bridgehead atoms. The fourth-order valence-electron chi connectivity index (χ4n) is 2.11. The Balaban J connectivity index is 1.66. The summed E-state index contributed by atoms with van der Waals surface area (Å²) in [6.45, 7) is 0. The molecule has 2 amide bonds. The zero-order valence-corrected chi connectivity index (χ0v) is 12.9. The minimum absolute atomic E-state index is 0.215. The van der Waals surface area contributed by atoms with Gasteiger partial charge in [0.1, 0.15) is 5.82 Å². The van der Waals surface area contributed by atoms with Gasteiger partial charge in [-0.2, -0.15) is 10.2 Å². The molecule has 6 nitrogen and oxygen atoms in total. The molecule has 25 heavy (non-hydrogen) atoms. The molecule has 3 aromatic rings. The summed E-state index contributed by atoms with van der Waals surface area (Å²) >= 11 is 0. The van der Waals surface area contributed by atoms with Crippen LogP contribution >= 0.6 is 0 Å². The molecule has 0 fully saturated rings. The molecular formula is C18H13FN4O2. The lowest BCUT2D eigenvalue weighted by molar-refractivity contribution is 0.101. The number of halogens is 1. The highest BCUT2D eigenvalue weighted by Crippen LogP contribution is 2.13. The van der Waals surface area contributed by atoms with Crippen molar-refractivity contribution in [3.63, 3.8) is 0 Å². The van der Waals surface area contributed by atoms with Crippen LogP contribution in [0.3, 0.4) is 0 Å². The highest BCUT2D eigenvalue weighted by molar-refractivity contribution is 6.06. The maximum absolute atomic E-state index is 13.2. The molecule has 2 N–H and O–H groups in total. The Hall–Kier alpha value is -3.61. The lowest BCUT2D eigenvalue weighted by atomic mass is 10.1. The maximum Gasteiger partial charge on any atom is 0.255 e. The van der Waals surface area contributed by atoms with E-state index in [-0.39, 0.29) is 11.5 Å². The lowest BCUT2D eigenvalue weighted by Crippen LogP contribution is -2.14. The molecule has 0 radical (unpaired) electrons. The first-order chi connectivity index (χ1) is 12.1. The van der Waals surface area contributed by atoms with Crippen LogP contribution in [0.2, 0.25) is 0 Å². The summed E-state index contributed by atoms with van der Waals surface area (Å²) in [4.78, 5) is 24.2. The number of benzene rings is 2. The van der Waals surface area contributed by atoms with Gasteiger partial charge in [0.05, 0.1) is 18.1 Å². The summed E-state index contributed by atoms with van der Waals surface area (Å²) in [5, 5.41) is 12.6. The van der Waals surface area contributed by atoms with Crippen molar-refractivity contribution in [2.75, 3.05) is 10.6 Å². The van der Waals surface area contributed by atoms with E-state index in [0.717, 1.165) is 6.07 Å². The second-order valence-electron chi connectivity index (χ2n) is 5.13. The summed E-state index contributed by atoms with van der Waals surface area (Å²) in [6.07, 6.45) is 2.91. The van der Waals surface area contributed by atoms with Crippen LogP contribution in [0.15, 0.2) is 67.0 Å². The molecular weight excluding hydrogens is 323 g/mol. The fourth-order valence-corrected chi connectivity index (χ4v) is 2.11.